The number of aliphatic hydroxyl groups is 3. The lowest BCUT2D eigenvalue weighted by atomic mass is 9.66. The van der Waals surface area contributed by atoms with E-state index < -0.39 is 18.3 Å². The van der Waals surface area contributed by atoms with E-state index in [2.05, 4.69) is 17.9 Å². The van der Waals surface area contributed by atoms with Gasteiger partial charge in [0.05, 0.1) is 30.8 Å². The van der Waals surface area contributed by atoms with E-state index >= 15 is 0 Å². The number of hydrogen-bond donors (Lipinski definition) is 4. The highest BCUT2D eigenvalue weighted by Crippen LogP contribution is 2.44. The first-order valence-electron chi connectivity index (χ1n) is 11.2. The molecule has 0 spiro atoms. The zero-order chi connectivity index (χ0) is 22.3. The summed E-state index contributed by atoms with van der Waals surface area (Å²) in [6.45, 7) is 5.95. The molecule has 30 heavy (non-hydrogen) atoms. The largest absolute Gasteiger partial charge is 0.461 e. The minimum Gasteiger partial charge on any atom is -0.461 e. The van der Waals surface area contributed by atoms with Crippen molar-refractivity contribution in [2.75, 3.05) is 6.61 Å². The molecule has 2 aliphatic carbocycles. The Morgan fingerprint density at radius 1 is 1.27 bits per heavy atom. The van der Waals surface area contributed by atoms with Crippen LogP contribution in [-0.2, 0) is 14.4 Å². The van der Waals surface area contributed by atoms with Crippen LogP contribution in [-0.4, -0.2) is 57.6 Å². The van der Waals surface area contributed by atoms with E-state index in [1.807, 2.05) is 26.0 Å². The van der Waals surface area contributed by atoms with Crippen molar-refractivity contribution in [1.82, 2.24) is 0 Å². The van der Waals surface area contributed by atoms with Crippen LogP contribution in [0.25, 0.3) is 0 Å². The summed E-state index contributed by atoms with van der Waals surface area (Å²) in [5.41, 5.74) is 0.994. The van der Waals surface area contributed by atoms with E-state index in [1.54, 1.807) is 0 Å². The Hall–Kier alpha value is -1.25. The number of carbonyl (C=O) groups excluding carboxylic acids is 1. The first-order chi connectivity index (χ1) is 14.3. The highest BCUT2D eigenvalue weighted by molar-refractivity contribution is 5.72. The van der Waals surface area contributed by atoms with Crippen molar-refractivity contribution in [3.63, 3.8) is 0 Å². The van der Waals surface area contributed by atoms with Crippen molar-refractivity contribution in [1.29, 1.82) is 0 Å². The molecule has 0 fully saturated rings. The molecule has 7 heteroatoms. The zero-order valence-corrected chi connectivity index (χ0v) is 18.3. The van der Waals surface area contributed by atoms with Gasteiger partial charge in [0.2, 0.25) is 0 Å². The van der Waals surface area contributed by atoms with Crippen molar-refractivity contribution in [2.24, 2.45) is 23.7 Å². The summed E-state index contributed by atoms with van der Waals surface area (Å²) in [7, 11) is 0. The van der Waals surface area contributed by atoms with Crippen molar-refractivity contribution in [3.8, 4) is 0 Å². The number of esters is 1. The quantitative estimate of drug-likeness (QED) is 0.228. The van der Waals surface area contributed by atoms with Crippen LogP contribution in [0.5, 0.6) is 0 Å². The van der Waals surface area contributed by atoms with Crippen LogP contribution >= 0.6 is 0 Å². The summed E-state index contributed by atoms with van der Waals surface area (Å²) >= 11 is 0. The summed E-state index contributed by atoms with van der Waals surface area (Å²) in [5, 5.41) is 38.9. The molecule has 172 valence electrons. The summed E-state index contributed by atoms with van der Waals surface area (Å²) in [4.78, 5) is 16.4. The van der Waals surface area contributed by atoms with Gasteiger partial charge in [-0.05, 0) is 49.5 Å². The first-order valence-corrected chi connectivity index (χ1v) is 11.2. The second-order valence-corrected chi connectivity index (χ2v) is 8.90. The molecule has 0 aromatic rings. The third-order valence-electron chi connectivity index (χ3n) is 6.57. The molecular weight excluding hydrogens is 388 g/mol. The molecule has 8 atom stereocenters. The van der Waals surface area contributed by atoms with Gasteiger partial charge in [0.25, 0.3) is 0 Å². The summed E-state index contributed by atoms with van der Waals surface area (Å²) in [5.74, 6) is -0.0200. The number of aliphatic hydroxyl groups excluding tert-OH is 3. The molecule has 6 unspecified atom stereocenters. The van der Waals surface area contributed by atoms with Gasteiger partial charge >= 0.3 is 5.97 Å². The molecule has 0 heterocycles. The van der Waals surface area contributed by atoms with Crippen molar-refractivity contribution in [2.45, 2.75) is 83.7 Å². The maximum absolute atomic E-state index is 12.4. The molecule has 0 aromatic heterocycles. The van der Waals surface area contributed by atoms with E-state index in [4.69, 9.17) is 9.99 Å². The summed E-state index contributed by atoms with van der Waals surface area (Å²) in [6, 6.07) is 0. The predicted molar refractivity (Wildman–Crippen MR) is 112 cm³/mol. The normalized spacial score (nSPS) is 31.4. The Balaban J connectivity index is 2.06. The fraction of sp³-hybridized carbons (Fsp3) is 0.783. The number of rotatable bonds is 11. The van der Waals surface area contributed by atoms with Crippen LogP contribution in [0.4, 0.5) is 0 Å². The van der Waals surface area contributed by atoms with Crippen molar-refractivity contribution in [3.05, 3.63) is 23.8 Å². The van der Waals surface area contributed by atoms with E-state index in [9.17, 15) is 20.1 Å². The SMILES string of the molecule is CCC(C)C(=O)OC1CC(O)C=C2C=C[C@H](C)[C@H](CCC(O)CC(O)CCOO)C21. The second-order valence-electron chi connectivity index (χ2n) is 8.90. The van der Waals surface area contributed by atoms with Crippen LogP contribution in [0.1, 0.15) is 59.3 Å². The van der Waals surface area contributed by atoms with Crippen LogP contribution in [0.2, 0.25) is 0 Å². The molecule has 0 radical (unpaired) electrons. The molecule has 2 aliphatic rings. The molecule has 4 N–H and O–H groups in total. The molecule has 0 saturated carbocycles. The van der Waals surface area contributed by atoms with Crippen molar-refractivity contribution < 1.29 is 35.0 Å². The lowest BCUT2D eigenvalue weighted by molar-refractivity contribution is -0.245. The molecule has 0 aliphatic heterocycles. The molecule has 0 amide bonds. The Morgan fingerprint density at radius 2 is 1.97 bits per heavy atom. The monoisotopic (exact) mass is 426 g/mol. The molecule has 7 nitrogen and oxygen atoms in total. The fourth-order valence-electron chi connectivity index (χ4n) is 4.54. The molecule has 0 saturated heterocycles. The highest BCUT2D eigenvalue weighted by Gasteiger charge is 2.42. The van der Waals surface area contributed by atoms with Gasteiger partial charge in [0.15, 0.2) is 0 Å². The standard InChI is InChI=1S/C23H38O7/c1-4-14(2)23(27)30-21-13-19(26)11-16-6-5-15(3)20(22(16)21)8-7-17(24)12-18(25)9-10-29-28/h5-6,11,14-15,17-22,24-26,28H,4,7-10,12-13H2,1-3H3/t14?,15-,17?,18?,19?,20-,21?,22?/m0/s1. The Kier molecular flexibility index (Phi) is 9.97. The van der Waals surface area contributed by atoms with Crippen molar-refractivity contribution >= 4 is 5.97 Å². The number of allylic oxidation sites excluding steroid dienone is 2. The minimum atomic E-state index is -0.736. The van der Waals surface area contributed by atoms with Gasteiger partial charge in [0.1, 0.15) is 6.10 Å². The maximum atomic E-state index is 12.4. The summed E-state index contributed by atoms with van der Waals surface area (Å²) in [6.07, 6.45) is 6.35. The number of ether oxygens (including phenoxy) is 1. The van der Waals surface area contributed by atoms with Gasteiger partial charge in [-0.2, -0.15) is 0 Å². The third kappa shape index (κ3) is 6.89. The Bertz CT molecular complexity index is 602. The van der Waals surface area contributed by atoms with Crippen LogP contribution in [0.3, 0.4) is 0 Å². The fourth-order valence-corrected chi connectivity index (χ4v) is 4.54. The summed E-state index contributed by atoms with van der Waals surface area (Å²) < 4.78 is 5.86. The van der Waals surface area contributed by atoms with Gasteiger partial charge in [0, 0.05) is 12.3 Å². The molecular formula is C23H38O7. The molecule has 0 aromatic carbocycles. The van der Waals surface area contributed by atoms with Gasteiger partial charge in [-0.25, -0.2) is 4.89 Å². The van der Waals surface area contributed by atoms with Gasteiger partial charge in [-0.3, -0.25) is 10.1 Å². The molecule has 0 bridgehead atoms. The van der Waals surface area contributed by atoms with Gasteiger partial charge in [-0.1, -0.05) is 39.0 Å². The van der Waals surface area contributed by atoms with Crippen LogP contribution < -0.4 is 0 Å². The first kappa shape index (κ1) is 25.0. The number of hydrogen-bond acceptors (Lipinski definition) is 7. The second kappa shape index (κ2) is 12.0. The third-order valence-corrected chi connectivity index (χ3v) is 6.57. The Labute approximate surface area is 179 Å². The Morgan fingerprint density at radius 3 is 2.63 bits per heavy atom. The lowest BCUT2D eigenvalue weighted by Gasteiger charge is -2.43. The topological polar surface area (TPSA) is 116 Å². The highest BCUT2D eigenvalue weighted by atomic mass is 17.1. The lowest BCUT2D eigenvalue weighted by Crippen LogP contribution is -2.43. The van der Waals surface area contributed by atoms with Gasteiger partial charge in [-0.15, -0.1) is 0 Å². The van der Waals surface area contributed by atoms with E-state index in [1.165, 1.54) is 0 Å². The number of fused-ring (bicyclic) bond motifs is 1. The van der Waals surface area contributed by atoms with Crippen LogP contribution in [0, 0.1) is 23.7 Å². The van der Waals surface area contributed by atoms with E-state index in [0.29, 0.717) is 25.7 Å². The van der Waals surface area contributed by atoms with Crippen LogP contribution in [0.15, 0.2) is 23.8 Å². The predicted octanol–water partition coefficient (Wildman–Crippen LogP) is 2.85. The maximum Gasteiger partial charge on any atom is 0.308 e. The van der Waals surface area contributed by atoms with E-state index in [-0.39, 0.29) is 55.2 Å². The average molecular weight is 427 g/mol. The molecule has 2 rings (SSSR count). The smallest absolute Gasteiger partial charge is 0.308 e. The average Bonchev–Trinajstić information content (AvgIpc) is 2.70. The van der Waals surface area contributed by atoms with E-state index in [0.717, 1.165) is 5.57 Å². The number of carbonyl (C=O) groups is 1. The van der Waals surface area contributed by atoms with Gasteiger partial charge < -0.3 is 20.1 Å². The zero-order valence-electron chi connectivity index (χ0n) is 18.3. The minimum absolute atomic E-state index is 0.0127.